The Morgan fingerprint density at radius 3 is 2.28 bits per heavy atom. The summed E-state index contributed by atoms with van der Waals surface area (Å²) in [5, 5.41) is 6.70. The lowest BCUT2D eigenvalue weighted by atomic mass is 10.1. The van der Waals surface area contributed by atoms with E-state index in [1.54, 1.807) is 0 Å². The van der Waals surface area contributed by atoms with Gasteiger partial charge in [-0.25, -0.2) is 0 Å². The van der Waals surface area contributed by atoms with Crippen molar-refractivity contribution in [2.24, 2.45) is 4.99 Å². The van der Waals surface area contributed by atoms with Gasteiger partial charge in [0.15, 0.2) is 5.96 Å². The van der Waals surface area contributed by atoms with E-state index in [9.17, 15) is 0 Å². The average Bonchev–Trinajstić information content (AvgIpc) is 2.88. The molecule has 0 spiro atoms. The minimum absolute atomic E-state index is 0. The maximum Gasteiger partial charge on any atom is 0.191 e. The van der Waals surface area contributed by atoms with Crippen molar-refractivity contribution >= 4 is 41.7 Å². The fourth-order valence-corrected chi connectivity index (χ4v) is 3.30. The van der Waals surface area contributed by atoms with E-state index >= 15 is 0 Å². The van der Waals surface area contributed by atoms with Gasteiger partial charge >= 0.3 is 0 Å². The van der Waals surface area contributed by atoms with E-state index in [0.29, 0.717) is 0 Å². The highest BCUT2D eigenvalue weighted by molar-refractivity contribution is 14.0. The van der Waals surface area contributed by atoms with Crippen LogP contribution in [0.3, 0.4) is 0 Å². The molecular weight excluding hydrogens is 443 g/mol. The molecule has 1 saturated heterocycles. The summed E-state index contributed by atoms with van der Waals surface area (Å²) in [6.45, 7) is 5.34. The third kappa shape index (κ3) is 9.15. The SMILES string of the molecule is CN=C(NCCSC)NCc1ccc(CN2CCCCCC2)cc1.I. The standard InChI is InChI=1S/C19H32N4S.HI/c1-20-19(21-11-14-24-2)22-15-17-7-9-18(10-8-17)16-23-12-5-3-4-6-13-23;/h7-10H,3-6,11-16H2,1-2H3,(H2,20,21,22);1H. The number of thioether (sulfide) groups is 1. The minimum atomic E-state index is 0. The second kappa shape index (κ2) is 13.7. The summed E-state index contributed by atoms with van der Waals surface area (Å²) in [6, 6.07) is 9.00. The van der Waals surface area contributed by atoms with Gasteiger partial charge in [0, 0.05) is 32.4 Å². The molecule has 1 aliphatic rings. The van der Waals surface area contributed by atoms with Crippen LogP contribution in [-0.4, -0.2) is 49.6 Å². The van der Waals surface area contributed by atoms with Crippen molar-refractivity contribution < 1.29 is 0 Å². The Kier molecular flexibility index (Phi) is 12.4. The predicted molar refractivity (Wildman–Crippen MR) is 122 cm³/mol. The largest absolute Gasteiger partial charge is 0.356 e. The van der Waals surface area contributed by atoms with Gasteiger partial charge in [0.05, 0.1) is 0 Å². The summed E-state index contributed by atoms with van der Waals surface area (Å²) in [4.78, 5) is 6.85. The molecule has 25 heavy (non-hydrogen) atoms. The van der Waals surface area contributed by atoms with Crippen molar-refractivity contribution in [3.05, 3.63) is 35.4 Å². The summed E-state index contributed by atoms with van der Waals surface area (Å²) >= 11 is 1.84. The molecule has 2 N–H and O–H groups in total. The normalized spacial score (nSPS) is 16.0. The monoisotopic (exact) mass is 476 g/mol. The molecule has 1 aliphatic heterocycles. The van der Waals surface area contributed by atoms with Gasteiger partial charge in [-0.1, -0.05) is 37.1 Å². The Hall–Kier alpha value is -0.470. The van der Waals surface area contributed by atoms with E-state index in [1.807, 2.05) is 18.8 Å². The molecule has 1 aromatic rings. The van der Waals surface area contributed by atoms with Gasteiger partial charge < -0.3 is 10.6 Å². The van der Waals surface area contributed by atoms with E-state index in [4.69, 9.17) is 0 Å². The molecule has 4 nitrogen and oxygen atoms in total. The summed E-state index contributed by atoms with van der Waals surface area (Å²) in [6.07, 6.45) is 7.61. The lowest BCUT2D eigenvalue weighted by Gasteiger charge is -2.20. The maximum atomic E-state index is 4.26. The minimum Gasteiger partial charge on any atom is -0.356 e. The quantitative estimate of drug-likeness (QED) is 0.273. The van der Waals surface area contributed by atoms with Gasteiger partial charge in [0.1, 0.15) is 0 Å². The first-order valence-electron chi connectivity index (χ1n) is 9.05. The first-order valence-corrected chi connectivity index (χ1v) is 10.4. The fourth-order valence-electron chi connectivity index (χ4n) is 2.99. The van der Waals surface area contributed by atoms with Crippen molar-refractivity contribution in [2.75, 3.05) is 38.7 Å². The number of guanidine groups is 1. The molecule has 0 amide bonds. The molecule has 0 saturated carbocycles. The van der Waals surface area contributed by atoms with E-state index in [-0.39, 0.29) is 24.0 Å². The Bertz CT molecular complexity index is 485. The van der Waals surface area contributed by atoms with Crippen LogP contribution in [0.15, 0.2) is 29.3 Å². The van der Waals surface area contributed by atoms with Gasteiger partial charge in [0.25, 0.3) is 0 Å². The van der Waals surface area contributed by atoms with Crippen LogP contribution < -0.4 is 10.6 Å². The van der Waals surface area contributed by atoms with Crippen molar-refractivity contribution in [1.82, 2.24) is 15.5 Å². The van der Waals surface area contributed by atoms with Crippen LogP contribution in [0.25, 0.3) is 0 Å². The Labute approximate surface area is 174 Å². The first kappa shape index (κ1) is 22.6. The molecule has 1 aromatic carbocycles. The number of nitrogens with zero attached hydrogens (tertiary/aromatic N) is 2. The maximum absolute atomic E-state index is 4.26. The number of aliphatic imine (C=N–C) groups is 1. The van der Waals surface area contributed by atoms with E-state index in [0.717, 1.165) is 31.3 Å². The van der Waals surface area contributed by atoms with Crippen LogP contribution >= 0.6 is 35.7 Å². The van der Waals surface area contributed by atoms with Crippen LogP contribution in [0.1, 0.15) is 36.8 Å². The molecule has 0 radical (unpaired) electrons. The van der Waals surface area contributed by atoms with Crippen LogP contribution in [0, 0.1) is 0 Å². The third-order valence-corrected chi connectivity index (χ3v) is 5.02. The van der Waals surface area contributed by atoms with Gasteiger partial charge in [-0.2, -0.15) is 11.8 Å². The highest BCUT2D eigenvalue weighted by Crippen LogP contribution is 2.13. The zero-order valence-electron chi connectivity index (χ0n) is 15.6. The molecule has 1 fully saturated rings. The van der Waals surface area contributed by atoms with Crippen molar-refractivity contribution in [3.63, 3.8) is 0 Å². The Morgan fingerprint density at radius 1 is 1.04 bits per heavy atom. The third-order valence-electron chi connectivity index (χ3n) is 4.41. The number of hydrogen-bond donors (Lipinski definition) is 2. The van der Waals surface area contributed by atoms with Crippen LogP contribution in [0.4, 0.5) is 0 Å². The number of nitrogens with one attached hydrogen (secondary N) is 2. The average molecular weight is 476 g/mol. The molecule has 0 atom stereocenters. The molecular formula is C19H33IN4S. The van der Waals surface area contributed by atoms with E-state index in [1.165, 1.54) is 49.9 Å². The molecule has 0 unspecified atom stereocenters. The van der Waals surface area contributed by atoms with Crippen molar-refractivity contribution in [2.45, 2.75) is 38.8 Å². The van der Waals surface area contributed by atoms with E-state index in [2.05, 4.69) is 51.0 Å². The zero-order chi connectivity index (χ0) is 17.0. The first-order chi connectivity index (χ1) is 11.8. The highest BCUT2D eigenvalue weighted by atomic mass is 127. The topological polar surface area (TPSA) is 39.7 Å². The summed E-state index contributed by atoms with van der Waals surface area (Å²) in [5.41, 5.74) is 2.71. The zero-order valence-corrected chi connectivity index (χ0v) is 18.7. The number of rotatable bonds is 7. The predicted octanol–water partition coefficient (Wildman–Crippen LogP) is 3.71. The molecule has 2 rings (SSSR count). The lowest BCUT2D eigenvalue weighted by molar-refractivity contribution is 0.277. The van der Waals surface area contributed by atoms with Crippen LogP contribution in [0.5, 0.6) is 0 Å². The number of hydrogen-bond acceptors (Lipinski definition) is 3. The smallest absolute Gasteiger partial charge is 0.191 e. The molecule has 0 aromatic heterocycles. The summed E-state index contributed by atoms with van der Waals surface area (Å²) in [7, 11) is 1.82. The van der Waals surface area contributed by atoms with Crippen LogP contribution in [0.2, 0.25) is 0 Å². The molecule has 1 heterocycles. The number of benzene rings is 1. The van der Waals surface area contributed by atoms with Gasteiger partial charge in [-0.05, 0) is 43.3 Å². The Balaban J connectivity index is 0.00000312. The number of halogens is 1. The fraction of sp³-hybridized carbons (Fsp3) is 0.632. The second-order valence-corrected chi connectivity index (χ2v) is 7.34. The highest BCUT2D eigenvalue weighted by Gasteiger charge is 2.09. The summed E-state index contributed by atoms with van der Waals surface area (Å²) < 4.78 is 0. The molecule has 6 heteroatoms. The lowest BCUT2D eigenvalue weighted by Crippen LogP contribution is -2.37. The number of likely N-dealkylation sites (tertiary alicyclic amines) is 1. The van der Waals surface area contributed by atoms with Gasteiger partial charge in [-0.3, -0.25) is 9.89 Å². The van der Waals surface area contributed by atoms with Gasteiger partial charge in [0.2, 0.25) is 0 Å². The molecule has 142 valence electrons. The molecule has 0 bridgehead atoms. The Morgan fingerprint density at radius 2 is 1.68 bits per heavy atom. The van der Waals surface area contributed by atoms with Gasteiger partial charge in [-0.15, -0.1) is 24.0 Å². The summed E-state index contributed by atoms with van der Waals surface area (Å²) in [5.74, 6) is 1.96. The van der Waals surface area contributed by atoms with E-state index < -0.39 is 0 Å². The second-order valence-electron chi connectivity index (χ2n) is 6.35. The van der Waals surface area contributed by atoms with Crippen molar-refractivity contribution in [1.29, 1.82) is 0 Å². The molecule has 0 aliphatic carbocycles. The van der Waals surface area contributed by atoms with Crippen LogP contribution in [-0.2, 0) is 13.1 Å². The van der Waals surface area contributed by atoms with Crippen molar-refractivity contribution in [3.8, 4) is 0 Å².